The normalized spacial score (nSPS) is 17.4. The Morgan fingerprint density at radius 3 is 3.00 bits per heavy atom. The van der Waals surface area contributed by atoms with Crippen molar-refractivity contribution in [1.29, 1.82) is 0 Å². The molecule has 0 bridgehead atoms. The van der Waals surface area contributed by atoms with Crippen molar-refractivity contribution < 1.29 is 24.2 Å². The van der Waals surface area contributed by atoms with Crippen molar-refractivity contribution in [3.05, 3.63) is 30.7 Å². The summed E-state index contributed by atoms with van der Waals surface area (Å²) in [5.41, 5.74) is -0.106. The average Bonchev–Trinajstić information content (AvgIpc) is 2.58. The molecule has 1 aliphatic rings. The summed E-state index contributed by atoms with van der Waals surface area (Å²) in [6.07, 6.45) is 3.36. The Balaban J connectivity index is 1.86. The first-order chi connectivity index (χ1) is 11.1. The van der Waals surface area contributed by atoms with E-state index >= 15 is 0 Å². The van der Waals surface area contributed by atoms with E-state index < -0.39 is 12.1 Å². The molecule has 1 aromatic heterocycles. The first-order valence-corrected chi connectivity index (χ1v) is 7.03. The number of nitrogens with one attached hydrogen (secondary N) is 1. The van der Waals surface area contributed by atoms with Crippen LogP contribution in [-0.2, 0) is 9.47 Å². The molecule has 23 heavy (non-hydrogen) atoms. The Labute approximate surface area is 132 Å². The van der Waals surface area contributed by atoms with E-state index in [0.717, 1.165) is 0 Å². The zero-order chi connectivity index (χ0) is 16.7. The maximum atomic E-state index is 11.4. The molecule has 2 N–H and O–H groups in total. The number of carbonyl (C=O) groups excluding carboxylic acids is 1. The van der Waals surface area contributed by atoms with E-state index in [0.29, 0.717) is 32.1 Å². The topological polar surface area (TPSA) is 114 Å². The smallest absolute Gasteiger partial charge is 0.407 e. The van der Waals surface area contributed by atoms with Crippen LogP contribution in [0, 0.1) is 0 Å². The zero-order valence-corrected chi connectivity index (χ0v) is 12.5. The van der Waals surface area contributed by atoms with Gasteiger partial charge in [0.25, 0.3) is 0 Å². The van der Waals surface area contributed by atoms with E-state index in [-0.39, 0.29) is 18.4 Å². The van der Waals surface area contributed by atoms with Gasteiger partial charge in [0, 0.05) is 19.6 Å². The fraction of sp³-hybridized carbons (Fsp3) is 0.429. The summed E-state index contributed by atoms with van der Waals surface area (Å²) in [5, 5.41) is 11.4. The van der Waals surface area contributed by atoms with E-state index in [1.165, 1.54) is 18.5 Å². The number of aromatic nitrogens is 2. The zero-order valence-electron chi connectivity index (χ0n) is 12.5. The minimum Gasteiger partial charge on any atom is -0.476 e. The summed E-state index contributed by atoms with van der Waals surface area (Å²) < 4.78 is 10.4. The number of anilines is 1. The number of carboxylic acids is 1. The highest BCUT2D eigenvalue weighted by Crippen LogP contribution is 2.14. The van der Waals surface area contributed by atoms with Crippen LogP contribution in [0.25, 0.3) is 0 Å². The molecule has 1 aromatic rings. The van der Waals surface area contributed by atoms with Crippen molar-refractivity contribution in [3.63, 3.8) is 0 Å². The lowest BCUT2D eigenvalue weighted by atomic mass is 10.2. The minimum absolute atomic E-state index is 0.106. The number of ether oxygens (including phenoxy) is 2. The number of nitrogens with zero attached hydrogens (tertiary/aromatic N) is 3. The van der Waals surface area contributed by atoms with Gasteiger partial charge in [-0.15, -0.1) is 0 Å². The molecule has 1 aliphatic heterocycles. The monoisotopic (exact) mass is 322 g/mol. The quantitative estimate of drug-likeness (QED) is 0.719. The van der Waals surface area contributed by atoms with E-state index in [1.54, 1.807) is 0 Å². The number of aromatic carboxylic acids is 1. The molecular formula is C14H18N4O5. The van der Waals surface area contributed by atoms with Crippen LogP contribution >= 0.6 is 0 Å². The highest BCUT2D eigenvalue weighted by molar-refractivity contribution is 5.84. The minimum atomic E-state index is -1.12. The van der Waals surface area contributed by atoms with E-state index in [9.17, 15) is 9.59 Å². The van der Waals surface area contributed by atoms with Crippen LogP contribution in [0.4, 0.5) is 10.6 Å². The SMILES string of the molecule is C=CCOC(=O)NCC1CN(c2cnc(C(=O)O)cn2)CCO1. The third-order valence-corrected chi connectivity index (χ3v) is 3.13. The molecule has 0 saturated carbocycles. The van der Waals surface area contributed by atoms with Crippen molar-refractivity contribution in [2.45, 2.75) is 6.10 Å². The van der Waals surface area contributed by atoms with Crippen molar-refractivity contribution in [2.75, 3.05) is 37.7 Å². The van der Waals surface area contributed by atoms with Gasteiger partial charge in [0.2, 0.25) is 0 Å². The van der Waals surface area contributed by atoms with Crippen LogP contribution in [0.3, 0.4) is 0 Å². The van der Waals surface area contributed by atoms with Crippen molar-refractivity contribution in [3.8, 4) is 0 Å². The number of amides is 1. The number of morpholine rings is 1. The van der Waals surface area contributed by atoms with Gasteiger partial charge in [-0.25, -0.2) is 19.6 Å². The number of hydrogen-bond donors (Lipinski definition) is 2. The van der Waals surface area contributed by atoms with Gasteiger partial charge in [0.05, 0.1) is 25.1 Å². The number of carboxylic acid groups (broad SMARTS) is 1. The molecule has 9 nitrogen and oxygen atoms in total. The molecule has 0 spiro atoms. The highest BCUT2D eigenvalue weighted by atomic mass is 16.5. The molecule has 2 heterocycles. The highest BCUT2D eigenvalue weighted by Gasteiger charge is 2.22. The second kappa shape index (κ2) is 8.08. The molecule has 1 saturated heterocycles. The van der Waals surface area contributed by atoms with Crippen molar-refractivity contribution in [2.24, 2.45) is 0 Å². The molecule has 1 amide bonds. The lowest BCUT2D eigenvalue weighted by molar-refractivity contribution is 0.0397. The van der Waals surface area contributed by atoms with Crippen molar-refractivity contribution >= 4 is 17.9 Å². The maximum absolute atomic E-state index is 11.4. The standard InChI is InChI=1S/C14H18N4O5/c1-2-4-23-14(21)17-6-10-9-18(3-5-22-10)12-8-15-11(7-16-12)13(19)20/h2,7-8,10H,1,3-6,9H2,(H,17,21)(H,19,20). The predicted molar refractivity (Wildman–Crippen MR) is 80.5 cm³/mol. The van der Waals surface area contributed by atoms with E-state index in [2.05, 4.69) is 21.9 Å². The van der Waals surface area contributed by atoms with Gasteiger partial charge >= 0.3 is 12.1 Å². The molecule has 1 fully saturated rings. The summed E-state index contributed by atoms with van der Waals surface area (Å²) in [6.45, 7) is 5.48. The fourth-order valence-corrected chi connectivity index (χ4v) is 2.03. The Hall–Kier alpha value is -2.68. The Morgan fingerprint density at radius 1 is 1.52 bits per heavy atom. The lowest BCUT2D eigenvalue weighted by Crippen LogP contribution is -2.48. The van der Waals surface area contributed by atoms with Crippen LogP contribution < -0.4 is 10.2 Å². The summed E-state index contributed by atoms with van der Waals surface area (Å²) in [7, 11) is 0. The summed E-state index contributed by atoms with van der Waals surface area (Å²) in [4.78, 5) is 32.0. The van der Waals surface area contributed by atoms with Gasteiger partial charge < -0.3 is 24.8 Å². The third-order valence-electron chi connectivity index (χ3n) is 3.13. The second-order valence-electron chi connectivity index (χ2n) is 4.77. The molecule has 0 aliphatic carbocycles. The largest absolute Gasteiger partial charge is 0.476 e. The first-order valence-electron chi connectivity index (χ1n) is 7.03. The van der Waals surface area contributed by atoms with E-state index in [1.807, 2.05) is 4.90 Å². The molecule has 0 aromatic carbocycles. The van der Waals surface area contributed by atoms with Gasteiger partial charge in [-0.1, -0.05) is 12.7 Å². The predicted octanol–water partition coefficient (Wildman–Crippen LogP) is 0.292. The molecule has 1 atom stereocenters. The van der Waals surface area contributed by atoms with Crippen LogP contribution in [0.2, 0.25) is 0 Å². The maximum Gasteiger partial charge on any atom is 0.407 e. The Kier molecular flexibility index (Phi) is 5.87. The fourth-order valence-electron chi connectivity index (χ4n) is 2.03. The summed E-state index contributed by atoms with van der Waals surface area (Å²) in [5.74, 6) is -0.552. The molecule has 0 radical (unpaired) electrons. The van der Waals surface area contributed by atoms with Crippen LogP contribution in [0.5, 0.6) is 0 Å². The van der Waals surface area contributed by atoms with Gasteiger partial charge in [0.1, 0.15) is 12.4 Å². The molecular weight excluding hydrogens is 304 g/mol. The number of carbonyl (C=O) groups is 2. The van der Waals surface area contributed by atoms with Gasteiger partial charge in [-0.2, -0.15) is 0 Å². The molecule has 9 heteroatoms. The van der Waals surface area contributed by atoms with Crippen LogP contribution in [0.15, 0.2) is 25.0 Å². The van der Waals surface area contributed by atoms with Crippen LogP contribution in [0.1, 0.15) is 10.5 Å². The van der Waals surface area contributed by atoms with Gasteiger partial charge in [-0.05, 0) is 0 Å². The van der Waals surface area contributed by atoms with Crippen LogP contribution in [-0.4, -0.2) is 66.1 Å². The average molecular weight is 322 g/mol. The molecule has 2 rings (SSSR count). The van der Waals surface area contributed by atoms with Crippen molar-refractivity contribution in [1.82, 2.24) is 15.3 Å². The molecule has 1 unspecified atom stereocenters. The lowest BCUT2D eigenvalue weighted by Gasteiger charge is -2.33. The van der Waals surface area contributed by atoms with Gasteiger partial charge in [0.15, 0.2) is 5.69 Å². The molecule has 124 valence electrons. The summed E-state index contributed by atoms with van der Waals surface area (Å²) >= 11 is 0. The second-order valence-corrected chi connectivity index (χ2v) is 4.77. The summed E-state index contributed by atoms with van der Waals surface area (Å²) in [6, 6.07) is 0. The number of rotatable bonds is 6. The Morgan fingerprint density at radius 2 is 2.35 bits per heavy atom. The first kappa shape index (κ1) is 16.7. The number of alkyl carbamates (subject to hydrolysis) is 1. The third kappa shape index (κ3) is 4.92. The number of hydrogen-bond acceptors (Lipinski definition) is 7. The van der Waals surface area contributed by atoms with Gasteiger partial charge in [-0.3, -0.25) is 0 Å². The Bertz CT molecular complexity index is 563. The van der Waals surface area contributed by atoms with E-state index in [4.69, 9.17) is 14.6 Å².